The third kappa shape index (κ3) is 3.02. The van der Waals surface area contributed by atoms with Crippen LogP contribution in [0.15, 0.2) is 35.1 Å². The Morgan fingerprint density at radius 1 is 1.30 bits per heavy atom. The van der Waals surface area contributed by atoms with E-state index in [1.54, 1.807) is 36.1 Å². The SMILES string of the molecule is CC1=C(Cl)CN(C(=O)N(c2ccc(Cl)cc2)C(C)C)O1. The van der Waals surface area contributed by atoms with Crippen LogP contribution in [-0.2, 0) is 4.84 Å². The molecule has 6 heteroatoms. The standard InChI is InChI=1S/C14H16Cl2N2O2/c1-9(2)18(12-6-4-11(15)5-7-12)14(19)17-8-13(16)10(3)20-17/h4-7,9H,8H2,1-3H3. The van der Waals surface area contributed by atoms with Crippen molar-refractivity contribution in [3.8, 4) is 0 Å². The van der Waals surface area contributed by atoms with Crippen molar-refractivity contribution in [2.45, 2.75) is 26.8 Å². The lowest BCUT2D eigenvalue weighted by Crippen LogP contribution is -2.45. The van der Waals surface area contributed by atoms with Crippen molar-refractivity contribution in [3.63, 3.8) is 0 Å². The van der Waals surface area contributed by atoms with Crippen LogP contribution in [0.4, 0.5) is 10.5 Å². The van der Waals surface area contributed by atoms with Crippen LogP contribution in [-0.4, -0.2) is 23.7 Å². The average molecular weight is 315 g/mol. The number of benzene rings is 1. The molecule has 0 N–H and O–H groups in total. The number of halogens is 2. The highest BCUT2D eigenvalue weighted by molar-refractivity contribution is 6.30. The quantitative estimate of drug-likeness (QED) is 0.811. The van der Waals surface area contributed by atoms with Crippen molar-refractivity contribution in [1.82, 2.24) is 5.06 Å². The second-order valence-electron chi connectivity index (χ2n) is 4.81. The first-order chi connectivity index (χ1) is 9.40. The lowest BCUT2D eigenvalue weighted by atomic mass is 10.2. The van der Waals surface area contributed by atoms with Crippen LogP contribution in [0.3, 0.4) is 0 Å². The zero-order valence-corrected chi connectivity index (χ0v) is 13.1. The lowest BCUT2D eigenvalue weighted by molar-refractivity contribution is -0.0432. The first-order valence-corrected chi connectivity index (χ1v) is 7.05. The number of carbonyl (C=O) groups excluding carboxylic acids is 1. The summed E-state index contributed by atoms with van der Waals surface area (Å²) < 4.78 is 0. The first kappa shape index (κ1) is 15.0. The number of amides is 2. The van der Waals surface area contributed by atoms with Crippen LogP contribution >= 0.6 is 23.2 Å². The molecule has 1 heterocycles. The van der Waals surface area contributed by atoms with E-state index in [0.29, 0.717) is 15.8 Å². The molecule has 0 fully saturated rings. The van der Waals surface area contributed by atoms with Crippen LogP contribution in [0.1, 0.15) is 20.8 Å². The van der Waals surface area contributed by atoms with Crippen LogP contribution in [0.2, 0.25) is 5.02 Å². The van der Waals surface area contributed by atoms with Gasteiger partial charge in [0.15, 0.2) is 0 Å². The topological polar surface area (TPSA) is 32.8 Å². The Balaban J connectivity index is 2.22. The molecule has 1 aromatic rings. The van der Waals surface area contributed by atoms with Gasteiger partial charge in [-0.2, -0.15) is 5.06 Å². The fourth-order valence-electron chi connectivity index (χ4n) is 1.94. The second-order valence-corrected chi connectivity index (χ2v) is 5.70. The average Bonchev–Trinajstić information content (AvgIpc) is 2.72. The molecule has 0 bridgehead atoms. The zero-order valence-electron chi connectivity index (χ0n) is 11.6. The summed E-state index contributed by atoms with van der Waals surface area (Å²) in [6.45, 7) is 5.87. The number of hydrogen-bond acceptors (Lipinski definition) is 2. The van der Waals surface area contributed by atoms with Crippen molar-refractivity contribution >= 4 is 34.9 Å². The third-order valence-electron chi connectivity index (χ3n) is 2.95. The highest BCUT2D eigenvalue weighted by Gasteiger charge is 2.31. The minimum Gasteiger partial charge on any atom is -0.378 e. The number of anilines is 1. The molecule has 0 aromatic heterocycles. The molecule has 2 rings (SSSR count). The van der Waals surface area contributed by atoms with Gasteiger partial charge >= 0.3 is 6.03 Å². The van der Waals surface area contributed by atoms with Gasteiger partial charge in [-0.25, -0.2) is 4.79 Å². The highest BCUT2D eigenvalue weighted by atomic mass is 35.5. The van der Waals surface area contributed by atoms with Crippen molar-refractivity contribution in [3.05, 3.63) is 40.1 Å². The van der Waals surface area contributed by atoms with Crippen molar-refractivity contribution < 1.29 is 9.63 Å². The third-order valence-corrected chi connectivity index (χ3v) is 3.59. The number of nitrogens with zero attached hydrogens (tertiary/aromatic N) is 2. The highest BCUT2D eigenvalue weighted by Crippen LogP contribution is 2.26. The molecule has 20 heavy (non-hydrogen) atoms. The molecule has 1 aliphatic rings. The number of carbonyl (C=O) groups is 1. The number of rotatable bonds is 2. The Morgan fingerprint density at radius 3 is 2.35 bits per heavy atom. The summed E-state index contributed by atoms with van der Waals surface area (Å²) in [5.74, 6) is 0.555. The number of urea groups is 1. The molecule has 1 aliphatic heterocycles. The van der Waals surface area contributed by atoms with E-state index < -0.39 is 0 Å². The van der Waals surface area contributed by atoms with Gasteiger partial charge in [0.1, 0.15) is 12.3 Å². The minimum atomic E-state index is -0.252. The molecule has 0 aliphatic carbocycles. The van der Waals surface area contributed by atoms with E-state index in [1.165, 1.54) is 5.06 Å². The maximum absolute atomic E-state index is 12.6. The molecule has 0 saturated carbocycles. The van der Waals surface area contributed by atoms with Gasteiger partial charge in [0, 0.05) is 16.8 Å². The normalized spacial score (nSPS) is 14.8. The molecule has 108 valence electrons. The van der Waals surface area contributed by atoms with Gasteiger partial charge in [-0.15, -0.1) is 0 Å². The summed E-state index contributed by atoms with van der Waals surface area (Å²) in [5.41, 5.74) is 0.763. The number of allylic oxidation sites excluding steroid dienone is 1. The van der Waals surface area contributed by atoms with Gasteiger partial charge in [0.25, 0.3) is 0 Å². The lowest BCUT2D eigenvalue weighted by Gasteiger charge is -2.30. The summed E-state index contributed by atoms with van der Waals surface area (Å²) in [6, 6.07) is 6.84. The largest absolute Gasteiger partial charge is 0.378 e. The molecule has 1 aromatic carbocycles. The van der Waals surface area contributed by atoms with Gasteiger partial charge in [-0.3, -0.25) is 4.90 Å². The zero-order chi connectivity index (χ0) is 14.9. The molecule has 4 nitrogen and oxygen atoms in total. The van der Waals surface area contributed by atoms with Crippen molar-refractivity contribution in [1.29, 1.82) is 0 Å². The Hall–Kier alpha value is -1.39. The van der Waals surface area contributed by atoms with Crippen LogP contribution in [0.25, 0.3) is 0 Å². The summed E-state index contributed by atoms with van der Waals surface area (Å²) in [7, 11) is 0. The summed E-state index contributed by atoms with van der Waals surface area (Å²) in [5, 5.41) is 2.42. The minimum absolute atomic E-state index is 0.0213. The fraction of sp³-hybridized carbons (Fsp3) is 0.357. The Bertz CT molecular complexity index is 527. The Labute approximate surface area is 128 Å². The van der Waals surface area contributed by atoms with E-state index in [1.807, 2.05) is 13.8 Å². The van der Waals surface area contributed by atoms with Gasteiger partial charge < -0.3 is 4.84 Å². The molecule has 0 spiro atoms. The smallest absolute Gasteiger partial charge is 0.358 e. The van der Waals surface area contributed by atoms with E-state index in [-0.39, 0.29) is 18.6 Å². The van der Waals surface area contributed by atoms with Crippen LogP contribution in [0.5, 0.6) is 0 Å². The Kier molecular flexibility index (Phi) is 4.45. The summed E-state index contributed by atoms with van der Waals surface area (Å²) in [4.78, 5) is 19.6. The maximum Gasteiger partial charge on any atom is 0.358 e. The van der Waals surface area contributed by atoms with Crippen molar-refractivity contribution in [2.24, 2.45) is 0 Å². The van der Waals surface area contributed by atoms with Crippen molar-refractivity contribution in [2.75, 3.05) is 11.4 Å². The fourth-order valence-corrected chi connectivity index (χ4v) is 2.21. The van der Waals surface area contributed by atoms with E-state index in [0.717, 1.165) is 5.69 Å². The summed E-state index contributed by atoms with van der Waals surface area (Å²) >= 11 is 11.9. The first-order valence-electron chi connectivity index (χ1n) is 6.29. The van der Waals surface area contributed by atoms with E-state index in [9.17, 15) is 4.79 Å². The Morgan fingerprint density at radius 2 is 1.90 bits per heavy atom. The molecule has 0 radical (unpaired) electrons. The monoisotopic (exact) mass is 314 g/mol. The van der Waals surface area contributed by atoms with Crippen LogP contribution < -0.4 is 4.90 Å². The second kappa shape index (κ2) is 5.94. The molecular formula is C14H16Cl2N2O2. The van der Waals surface area contributed by atoms with Crippen LogP contribution in [0, 0.1) is 0 Å². The van der Waals surface area contributed by atoms with E-state index in [4.69, 9.17) is 28.0 Å². The van der Waals surface area contributed by atoms with E-state index >= 15 is 0 Å². The van der Waals surface area contributed by atoms with E-state index in [2.05, 4.69) is 0 Å². The summed E-state index contributed by atoms with van der Waals surface area (Å²) in [6.07, 6.45) is 0. The predicted octanol–water partition coefficient (Wildman–Crippen LogP) is 4.39. The number of hydroxylamine groups is 2. The molecule has 0 unspecified atom stereocenters. The van der Waals surface area contributed by atoms with Gasteiger partial charge in [-0.1, -0.05) is 23.2 Å². The van der Waals surface area contributed by atoms with Gasteiger partial charge in [-0.05, 0) is 45.0 Å². The molecule has 2 amide bonds. The molecular weight excluding hydrogens is 299 g/mol. The van der Waals surface area contributed by atoms with Gasteiger partial charge in [0.2, 0.25) is 0 Å². The predicted molar refractivity (Wildman–Crippen MR) is 80.8 cm³/mol. The number of hydrogen-bond donors (Lipinski definition) is 0. The molecule has 0 saturated heterocycles. The maximum atomic E-state index is 12.6. The van der Waals surface area contributed by atoms with Gasteiger partial charge in [0.05, 0.1) is 5.03 Å². The molecule has 0 atom stereocenters.